The Morgan fingerprint density at radius 1 is 1.44 bits per heavy atom. The van der Waals surface area contributed by atoms with Gasteiger partial charge in [-0.15, -0.1) is 0 Å². The van der Waals surface area contributed by atoms with Gasteiger partial charge in [-0.2, -0.15) is 0 Å². The van der Waals surface area contributed by atoms with Crippen LogP contribution >= 0.6 is 0 Å². The lowest BCUT2D eigenvalue weighted by Crippen LogP contribution is -2.29. The summed E-state index contributed by atoms with van der Waals surface area (Å²) in [5.74, 6) is 0.847. The quantitative estimate of drug-likeness (QED) is 0.723. The molecule has 3 heteroatoms. The lowest BCUT2D eigenvalue weighted by molar-refractivity contribution is -0.125. The third-order valence-corrected chi connectivity index (χ3v) is 2.68. The summed E-state index contributed by atoms with van der Waals surface area (Å²) in [4.78, 5) is 13.1. The molecule has 1 fully saturated rings. The highest BCUT2D eigenvalue weighted by atomic mass is 16.5. The van der Waals surface area contributed by atoms with E-state index in [0.717, 1.165) is 18.7 Å². The van der Waals surface area contributed by atoms with E-state index in [1.807, 2.05) is 30.3 Å². The molecule has 16 heavy (non-hydrogen) atoms. The number of ether oxygens (including phenoxy) is 1. The van der Waals surface area contributed by atoms with Crippen LogP contribution in [0.2, 0.25) is 0 Å². The second kappa shape index (κ2) is 4.84. The van der Waals surface area contributed by atoms with E-state index >= 15 is 0 Å². The van der Waals surface area contributed by atoms with Crippen molar-refractivity contribution in [2.45, 2.75) is 12.5 Å². The fraction of sp³-hybridized carbons (Fsp3) is 0.308. The highest BCUT2D eigenvalue weighted by Crippen LogP contribution is 2.17. The molecule has 84 valence electrons. The molecule has 3 nitrogen and oxygen atoms in total. The molecular weight excluding hydrogens is 202 g/mol. The highest BCUT2D eigenvalue weighted by Gasteiger charge is 2.25. The zero-order valence-electron chi connectivity index (χ0n) is 9.13. The highest BCUT2D eigenvalue weighted by molar-refractivity contribution is 5.87. The van der Waals surface area contributed by atoms with Crippen LogP contribution in [0.1, 0.15) is 6.42 Å². The molecule has 1 aliphatic heterocycles. The van der Waals surface area contributed by atoms with E-state index in [-0.39, 0.29) is 12.0 Å². The van der Waals surface area contributed by atoms with Crippen LogP contribution < -0.4 is 4.74 Å². The molecule has 1 aromatic rings. The van der Waals surface area contributed by atoms with E-state index < -0.39 is 0 Å². The molecular formula is C13H15NO2. The molecule has 0 bridgehead atoms. The van der Waals surface area contributed by atoms with E-state index in [2.05, 4.69) is 6.58 Å². The Labute approximate surface area is 95.3 Å². The monoisotopic (exact) mass is 217 g/mol. The van der Waals surface area contributed by atoms with Crippen LogP contribution in [0.4, 0.5) is 0 Å². The molecule has 0 aromatic heterocycles. The van der Waals surface area contributed by atoms with Crippen molar-refractivity contribution in [1.29, 1.82) is 0 Å². The minimum Gasteiger partial charge on any atom is -0.489 e. The van der Waals surface area contributed by atoms with Crippen LogP contribution in [0.25, 0.3) is 0 Å². The number of carbonyl (C=O) groups is 1. The minimum atomic E-state index is -0.0147. The second-order valence-corrected chi connectivity index (χ2v) is 3.83. The zero-order chi connectivity index (χ0) is 11.4. The van der Waals surface area contributed by atoms with Gasteiger partial charge in [-0.25, -0.2) is 0 Å². The van der Waals surface area contributed by atoms with Crippen LogP contribution in [0.5, 0.6) is 5.75 Å². The molecule has 1 aliphatic rings. The summed E-state index contributed by atoms with van der Waals surface area (Å²) in [7, 11) is 0. The fourth-order valence-electron chi connectivity index (χ4n) is 1.85. The summed E-state index contributed by atoms with van der Waals surface area (Å²) >= 11 is 0. The summed E-state index contributed by atoms with van der Waals surface area (Å²) in [5.41, 5.74) is 0. The molecule has 0 radical (unpaired) electrons. The van der Waals surface area contributed by atoms with Crippen molar-refractivity contribution in [2.75, 3.05) is 13.1 Å². The number of amides is 1. The van der Waals surface area contributed by atoms with Crippen molar-refractivity contribution in [1.82, 2.24) is 4.90 Å². The third kappa shape index (κ3) is 2.42. The molecule has 1 saturated heterocycles. The first-order chi connectivity index (χ1) is 7.79. The van der Waals surface area contributed by atoms with Gasteiger partial charge in [0.1, 0.15) is 11.9 Å². The Kier molecular flexibility index (Phi) is 3.25. The van der Waals surface area contributed by atoms with E-state index in [4.69, 9.17) is 4.74 Å². The Balaban J connectivity index is 1.90. The fourth-order valence-corrected chi connectivity index (χ4v) is 1.85. The number of hydrogen-bond donors (Lipinski definition) is 0. The number of carbonyl (C=O) groups excluding carboxylic acids is 1. The molecule has 1 heterocycles. The van der Waals surface area contributed by atoms with Gasteiger partial charge in [-0.1, -0.05) is 24.8 Å². The molecule has 0 spiro atoms. The van der Waals surface area contributed by atoms with E-state index in [0.29, 0.717) is 6.54 Å². The molecule has 0 unspecified atom stereocenters. The molecule has 0 saturated carbocycles. The predicted molar refractivity (Wildman–Crippen MR) is 62.3 cm³/mol. The Hall–Kier alpha value is -1.77. The molecule has 2 rings (SSSR count). The Bertz CT molecular complexity index is 375. The van der Waals surface area contributed by atoms with Crippen LogP contribution in [0.3, 0.4) is 0 Å². The standard InChI is InChI=1S/C13H15NO2/c1-2-13(15)14-9-8-12(10-14)16-11-6-4-3-5-7-11/h2-7,12H,1,8-10H2/t12-/m0/s1. The molecule has 0 N–H and O–H groups in total. The SMILES string of the molecule is C=CC(=O)N1CC[C@H](Oc2ccccc2)C1. The number of para-hydroxylation sites is 1. The van der Waals surface area contributed by atoms with Crippen molar-refractivity contribution in [3.8, 4) is 5.75 Å². The van der Waals surface area contributed by atoms with Gasteiger partial charge in [-0.3, -0.25) is 4.79 Å². The predicted octanol–water partition coefficient (Wildman–Crippen LogP) is 1.85. The minimum absolute atomic E-state index is 0.0147. The second-order valence-electron chi connectivity index (χ2n) is 3.83. The maximum atomic E-state index is 11.4. The van der Waals surface area contributed by atoms with Gasteiger partial charge < -0.3 is 9.64 Å². The average Bonchev–Trinajstić information content (AvgIpc) is 2.78. The number of nitrogens with zero attached hydrogens (tertiary/aromatic N) is 1. The Morgan fingerprint density at radius 2 is 2.19 bits per heavy atom. The average molecular weight is 217 g/mol. The molecule has 1 atom stereocenters. The number of benzene rings is 1. The first-order valence-corrected chi connectivity index (χ1v) is 5.42. The van der Waals surface area contributed by atoms with Crippen molar-refractivity contribution >= 4 is 5.91 Å². The molecule has 0 aliphatic carbocycles. The first-order valence-electron chi connectivity index (χ1n) is 5.42. The van der Waals surface area contributed by atoms with Crippen LogP contribution in [-0.2, 0) is 4.79 Å². The van der Waals surface area contributed by atoms with Gasteiger partial charge in [0.25, 0.3) is 0 Å². The number of hydrogen-bond acceptors (Lipinski definition) is 2. The van der Waals surface area contributed by atoms with Crippen molar-refractivity contribution in [2.24, 2.45) is 0 Å². The van der Waals surface area contributed by atoms with Gasteiger partial charge >= 0.3 is 0 Å². The van der Waals surface area contributed by atoms with Gasteiger partial charge in [0.05, 0.1) is 6.54 Å². The van der Waals surface area contributed by atoms with E-state index in [1.54, 1.807) is 4.90 Å². The summed E-state index contributed by atoms with van der Waals surface area (Å²) in [6.45, 7) is 4.89. The maximum absolute atomic E-state index is 11.4. The first kappa shape index (κ1) is 10.7. The van der Waals surface area contributed by atoms with Crippen molar-refractivity contribution < 1.29 is 9.53 Å². The van der Waals surface area contributed by atoms with Gasteiger partial charge in [0, 0.05) is 13.0 Å². The molecule has 1 aromatic carbocycles. The maximum Gasteiger partial charge on any atom is 0.246 e. The van der Waals surface area contributed by atoms with Crippen LogP contribution in [0, 0.1) is 0 Å². The largest absolute Gasteiger partial charge is 0.489 e. The van der Waals surface area contributed by atoms with Crippen molar-refractivity contribution in [3.63, 3.8) is 0 Å². The Morgan fingerprint density at radius 3 is 2.88 bits per heavy atom. The van der Waals surface area contributed by atoms with Gasteiger partial charge in [0.15, 0.2) is 0 Å². The van der Waals surface area contributed by atoms with Gasteiger partial charge in [-0.05, 0) is 18.2 Å². The van der Waals surface area contributed by atoms with E-state index in [1.165, 1.54) is 6.08 Å². The topological polar surface area (TPSA) is 29.5 Å². The van der Waals surface area contributed by atoms with E-state index in [9.17, 15) is 4.79 Å². The normalized spacial score (nSPS) is 19.5. The number of likely N-dealkylation sites (tertiary alicyclic amines) is 1. The lowest BCUT2D eigenvalue weighted by Gasteiger charge is -2.15. The summed E-state index contributed by atoms with van der Waals surface area (Å²) in [6, 6.07) is 9.69. The summed E-state index contributed by atoms with van der Waals surface area (Å²) in [5, 5.41) is 0. The summed E-state index contributed by atoms with van der Waals surface area (Å²) in [6.07, 6.45) is 2.34. The zero-order valence-corrected chi connectivity index (χ0v) is 9.13. The summed E-state index contributed by atoms with van der Waals surface area (Å²) < 4.78 is 5.77. The third-order valence-electron chi connectivity index (χ3n) is 2.68. The van der Waals surface area contributed by atoms with Gasteiger partial charge in [0.2, 0.25) is 5.91 Å². The smallest absolute Gasteiger partial charge is 0.246 e. The molecule has 1 amide bonds. The van der Waals surface area contributed by atoms with Crippen LogP contribution in [0.15, 0.2) is 43.0 Å². The van der Waals surface area contributed by atoms with Crippen LogP contribution in [-0.4, -0.2) is 30.0 Å². The van der Waals surface area contributed by atoms with Crippen molar-refractivity contribution in [3.05, 3.63) is 43.0 Å². The lowest BCUT2D eigenvalue weighted by atomic mass is 10.3. The number of rotatable bonds is 3.